The number of rotatable bonds is 7. The third-order valence-corrected chi connectivity index (χ3v) is 6.70. The number of Topliss-reactive ketones (excluding diaryl/α,β-unsaturated/α-hetero) is 1. The molecular formula is C22H19F3N4O2S. The normalized spacial score (nSPS) is 23.7. The summed E-state index contributed by atoms with van der Waals surface area (Å²) in [5.41, 5.74) is 4.55. The fourth-order valence-corrected chi connectivity index (χ4v) is 5.20. The highest BCUT2D eigenvalue weighted by atomic mass is 32.2. The molecule has 2 aliphatic rings. The number of nitrogens with zero attached hydrogens (tertiary/aromatic N) is 3. The Morgan fingerprint density at radius 3 is 2.91 bits per heavy atom. The lowest BCUT2D eigenvalue weighted by molar-refractivity contribution is 0.0986. The molecule has 3 atom stereocenters. The van der Waals surface area contributed by atoms with E-state index in [9.17, 15) is 18.0 Å². The van der Waals surface area contributed by atoms with E-state index >= 15 is 0 Å². The maximum absolute atomic E-state index is 14.8. The van der Waals surface area contributed by atoms with E-state index in [1.807, 2.05) is 0 Å². The number of alkyl halides is 1. The lowest BCUT2D eigenvalue weighted by atomic mass is 9.84. The summed E-state index contributed by atoms with van der Waals surface area (Å²) >= 11 is 1.31. The molecule has 10 heteroatoms. The first-order valence-electron chi connectivity index (χ1n) is 9.78. The lowest BCUT2D eigenvalue weighted by Gasteiger charge is -2.31. The summed E-state index contributed by atoms with van der Waals surface area (Å²) in [7, 11) is 0. The molecule has 0 amide bonds. The smallest absolute Gasteiger partial charge is 0.233 e. The number of thioether (sulfide) groups is 1. The molecule has 1 aliphatic carbocycles. The van der Waals surface area contributed by atoms with Crippen molar-refractivity contribution in [3.05, 3.63) is 52.5 Å². The summed E-state index contributed by atoms with van der Waals surface area (Å²) < 4.78 is 48.7. The number of halogens is 3. The van der Waals surface area contributed by atoms with Gasteiger partial charge in [-0.1, -0.05) is 17.7 Å². The Morgan fingerprint density at radius 1 is 1.44 bits per heavy atom. The van der Waals surface area contributed by atoms with Crippen LogP contribution >= 0.6 is 11.8 Å². The van der Waals surface area contributed by atoms with Crippen LogP contribution in [-0.4, -0.2) is 39.5 Å². The predicted octanol–water partition coefficient (Wildman–Crippen LogP) is 3.12. The van der Waals surface area contributed by atoms with Crippen LogP contribution in [0.25, 0.3) is 0 Å². The fraction of sp³-hybridized carbons (Fsp3) is 0.364. The van der Waals surface area contributed by atoms with Gasteiger partial charge in [0.05, 0.1) is 11.9 Å². The van der Waals surface area contributed by atoms with Gasteiger partial charge < -0.3 is 10.5 Å². The van der Waals surface area contributed by atoms with Crippen LogP contribution in [0, 0.1) is 36.8 Å². The van der Waals surface area contributed by atoms with Gasteiger partial charge >= 0.3 is 0 Å². The van der Waals surface area contributed by atoms with Crippen LogP contribution in [0.1, 0.15) is 33.7 Å². The number of nitrogens with two attached hydrogens (primary N) is 1. The maximum Gasteiger partial charge on any atom is 0.233 e. The van der Waals surface area contributed by atoms with Crippen molar-refractivity contribution >= 4 is 22.7 Å². The molecule has 1 aromatic carbocycles. The van der Waals surface area contributed by atoms with Crippen LogP contribution in [-0.2, 0) is 12.0 Å². The number of carbonyl (C=O) groups excluding carboxylic acids is 1. The van der Waals surface area contributed by atoms with E-state index in [2.05, 4.69) is 20.9 Å². The van der Waals surface area contributed by atoms with Crippen molar-refractivity contribution in [2.24, 2.45) is 16.6 Å². The van der Waals surface area contributed by atoms with Gasteiger partial charge in [-0.15, -0.1) is 6.42 Å². The minimum absolute atomic E-state index is 0.00270. The van der Waals surface area contributed by atoms with Crippen molar-refractivity contribution in [3.8, 4) is 18.2 Å². The van der Waals surface area contributed by atoms with E-state index in [4.69, 9.17) is 16.9 Å². The molecule has 32 heavy (non-hydrogen) atoms. The fourth-order valence-electron chi connectivity index (χ4n) is 3.98. The molecule has 6 nitrogen and oxygen atoms in total. The number of benzene rings is 1. The zero-order chi connectivity index (χ0) is 23.0. The Bertz CT molecular complexity index is 1170. The molecule has 4 rings (SSSR count). The quantitative estimate of drug-likeness (QED) is 0.505. The predicted molar refractivity (Wildman–Crippen MR) is 114 cm³/mol. The Morgan fingerprint density at radius 2 is 2.22 bits per heavy atom. The first-order chi connectivity index (χ1) is 15.3. The molecule has 0 bridgehead atoms. The number of carbonyl (C=O) groups is 1. The second-order valence-corrected chi connectivity index (χ2v) is 8.94. The van der Waals surface area contributed by atoms with Crippen LogP contribution in [0.15, 0.2) is 23.3 Å². The van der Waals surface area contributed by atoms with E-state index in [1.54, 1.807) is 6.92 Å². The van der Waals surface area contributed by atoms with Crippen molar-refractivity contribution in [1.82, 2.24) is 9.97 Å². The number of terminal acetylenes is 1. The standard InChI is InChI=1S/C22H19F3N4O2S/c1-3-4-31-18-9-27-20(11(2)28-18)16(30)7-12-5-14(19(25)15(24)6-12)22(10-23)13-8-17(13)32-21(26)29-22/h1,5-6,9,13,17H,4,7-8,10H2,2H3,(H2,26,29)/t13-,17+,22+/m1/s1. The number of amidine groups is 1. The molecule has 0 saturated heterocycles. The highest BCUT2D eigenvalue weighted by Crippen LogP contribution is 2.58. The van der Waals surface area contributed by atoms with E-state index in [-0.39, 0.29) is 52.1 Å². The van der Waals surface area contributed by atoms with Crippen molar-refractivity contribution in [3.63, 3.8) is 0 Å². The van der Waals surface area contributed by atoms with Crippen molar-refractivity contribution in [2.45, 2.75) is 30.6 Å². The minimum Gasteiger partial charge on any atom is -0.463 e. The highest BCUT2D eigenvalue weighted by molar-refractivity contribution is 8.14. The van der Waals surface area contributed by atoms with Crippen LogP contribution in [0.5, 0.6) is 5.88 Å². The van der Waals surface area contributed by atoms with Crippen LogP contribution in [0.3, 0.4) is 0 Å². The first kappa shape index (κ1) is 22.1. The summed E-state index contributed by atoms with van der Waals surface area (Å²) in [6.07, 6.45) is 6.71. The molecule has 2 heterocycles. The average Bonchev–Trinajstić information content (AvgIpc) is 3.53. The molecule has 0 spiro atoms. The molecule has 1 aromatic heterocycles. The largest absolute Gasteiger partial charge is 0.463 e. The van der Waals surface area contributed by atoms with Gasteiger partial charge in [-0.2, -0.15) is 0 Å². The third-order valence-electron chi connectivity index (χ3n) is 5.54. The monoisotopic (exact) mass is 460 g/mol. The van der Waals surface area contributed by atoms with Crippen molar-refractivity contribution in [1.29, 1.82) is 0 Å². The van der Waals surface area contributed by atoms with Gasteiger partial charge in [-0.25, -0.2) is 28.1 Å². The highest BCUT2D eigenvalue weighted by Gasteiger charge is 2.58. The second-order valence-electron chi connectivity index (χ2n) is 7.68. The molecule has 1 saturated carbocycles. The number of ether oxygens (including phenoxy) is 1. The van der Waals surface area contributed by atoms with Gasteiger partial charge in [0.15, 0.2) is 29.2 Å². The van der Waals surface area contributed by atoms with E-state index < -0.39 is 29.6 Å². The summed E-state index contributed by atoms with van der Waals surface area (Å²) in [6, 6.07) is 2.22. The number of aromatic nitrogens is 2. The summed E-state index contributed by atoms with van der Waals surface area (Å²) in [5, 5.41) is 0.157. The van der Waals surface area contributed by atoms with Gasteiger partial charge in [0.25, 0.3) is 0 Å². The van der Waals surface area contributed by atoms with Crippen LogP contribution in [0.4, 0.5) is 13.2 Å². The van der Waals surface area contributed by atoms with Gasteiger partial charge in [-0.3, -0.25) is 4.79 Å². The molecular weight excluding hydrogens is 441 g/mol. The van der Waals surface area contributed by atoms with Gasteiger partial charge in [0, 0.05) is 23.2 Å². The van der Waals surface area contributed by atoms with Crippen molar-refractivity contribution in [2.75, 3.05) is 13.3 Å². The molecule has 1 aliphatic heterocycles. The Kier molecular flexibility index (Phi) is 5.86. The molecule has 2 N–H and O–H groups in total. The SMILES string of the molecule is C#CCOc1cnc(C(=O)Cc2cc(F)c(F)c([C@@]3(CF)N=C(N)S[C@H]4C[C@H]43)c2)c(C)n1. The number of aliphatic imine (C=N–C) groups is 1. The van der Waals surface area contributed by atoms with E-state index in [0.717, 1.165) is 6.07 Å². The summed E-state index contributed by atoms with van der Waals surface area (Å²) in [6.45, 7) is 0.553. The van der Waals surface area contributed by atoms with Crippen molar-refractivity contribution < 1.29 is 22.7 Å². The molecule has 166 valence electrons. The second kappa shape index (κ2) is 8.47. The zero-order valence-electron chi connectivity index (χ0n) is 17.1. The third kappa shape index (κ3) is 3.93. The number of hydrogen-bond acceptors (Lipinski definition) is 7. The minimum atomic E-state index is -1.59. The maximum atomic E-state index is 14.8. The zero-order valence-corrected chi connectivity index (χ0v) is 17.9. The van der Waals surface area contributed by atoms with Gasteiger partial charge in [-0.05, 0) is 31.0 Å². The van der Waals surface area contributed by atoms with Crippen LogP contribution in [0.2, 0.25) is 0 Å². The molecule has 0 unspecified atom stereocenters. The summed E-state index contributed by atoms with van der Waals surface area (Å²) in [5.74, 6) is -0.640. The number of ketones is 1. The van der Waals surface area contributed by atoms with Gasteiger partial charge in [0.2, 0.25) is 5.88 Å². The average molecular weight is 460 g/mol. The number of hydrogen-bond donors (Lipinski definition) is 1. The first-order valence-corrected chi connectivity index (χ1v) is 10.7. The number of aryl methyl sites for hydroxylation is 1. The van der Waals surface area contributed by atoms with E-state index in [1.165, 1.54) is 24.0 Å². The van der Waals surface area contributed by atoms with E-state index in [0.29, 0.717) is 12.1 Å². The number of fused-ring (bicyclic) bond motifs is 1. The molecule has 2 aromatic rings. The van der Waals surface area contributed by atoms with Crippen LogP contribution < -0.4 is 10.5 Å². The lowest BCUT2D eigenvalue weighted by Crippen LogP contribution is -2.37. The summed E-state index contributed by atoms with van der Waals surface area (Å²) in [4.78, 5) is 25.2. The van der Waals surface area contributed by atoms with Gasteiger partial charge in [0.1, 0.15) is 17.9 Å². The topological polar surface area (TPSA) is 90.5 Å². The molecule has 0 radical (unpaired) electrons. The Labute approximate surface area is 186 Å². The Balaban J connectivity index is 1.65. The molecule has 1 fully saturated rings. The Hall–Kier alpha value is -3.06.